The van der Waals surface area contributed by atoms with Gasteiger partial charge in [0.05, 0.1) is 11.8 Å². The van der Waals surface area contributed by atoms with Crippen molar-refractivity contribution in [2.75, 3.05) is 12.2 Å². The van der Waals surface area contributed by atoms with Crippen molar-refractivity contribution in [1.29, 1.82) is 0 Å². The number of allylic oxidation sites excluding steroid dienone is 2. The predicted octanol–water partition coefficient (Wildman–Crippen LogP) is 1.37. The van der Waals surface area contributed by atoms with Crippen LogP contribution in [-0.2, 0) is 14.3 Å². The van der Waals surface area contributed by atoms with Crippen molar-refractivity contribution >= 4 is 23.7 Å². The van der Waals surface area contributed by atoms with Gasteiger partial charge in [-0.05, 0) is 24.5 Å². The molecular weight excluding hydrogens is 228 g/mol. The van der Waals surface area contributed by atoms with Crippen LogP contribution in [-0.4, -0.2) is 29.2 Å². The van der Waals surface area contributed by atoms with Gasteiger partial charge in [0, 0.05) is 0 Å². The molecule has 0 aromatic carbocycles. The number of hydrogen-bond donors (Lipinski definition) is 1. The highest BCUT2D eigenvalue weighted by atomic mass is 32.2. The Kier molecular flexibility index (Phi) is 3.23. The summed E-state index contributed by atoms with van der Waals surface area (Å²) in [6.07, 6.45) is 6.48. The third-order valence-corrected chi connectivity index (χ3v) is 3.69. The molecule has 1 saturated carbocycles. The fourth-order valence-electron chi connectivity index (χ4n) is 2.69. The zero-order chi connectivity index (χ0) is 11.7. The van der Waals surface area contributed by atoms with Crippen molar-refractivity contribution in [3.05, 3.63) is 12.2 Å². The summed E-state index contributed by atoms with van der Waals surface area (Å²) in [6, 6.07) is 0. The number of carboxylic acid groups (broad SMARTS) is 1. The van der Waals surface area contributed by atoms with Gasteiger partial charge in [0.25, 0.3) is 0 Å². The Balaban J connectivity index is 2.10. The van der Waals surface area contributed by atoms with Crippen molar-refractivity contribution in [3.8, 4) is 0 Å². The summed E-state index contributed by atoms with van der Waals surface area (Å²) in [5.41, 5.74) is 0. The molecule has 0 amide bonds. The van der Waals surface area contributed by atoms with Gasteiger partial charge in [-0.15, -0.1) is 11.8 Å². The van der Waals surface area contributed by atoms with Crippen LogP contribution in [0, 0.1) is 23.7 Å². The van der Waals surface area contributed by atoms with Crippen LogP contribution in [0.3, 0.4) is 0 Å². The van der Waals surface area contributed by atoms with Crippen LogP contribution in [0.2, 0.25) is 0 Å². The molecule has 0 aromatic heterocycles. The predicted molar refractivity (Wildman–Crippen MR) is 59.8 cm³/mol. The minimum atomic E-state index is -0.886. The van der Waals surface area contributed by atoms with E-state index in [9.17, 15) is 9.59 Å². The smallest absolute Gasteiger partial charge is 0.311 e. The molecule has 4 unspecified atom stereocenters. The van der Waals surface area contributed by atoms with E-state index >= 15 is 0 Å². The number of aliphatic carboxylic acids is 1. The SMILES string of the molecule is CSCOC(=O)C1C2C=CC(C2)C1C(=O)O. The average molecular weight is 242 g/mol. The lowest BCUT2D eigenvalue weighted by atomic mass is 9.83. The van der Waals surface area contributed by atoms with Crippen LogP contribution < -0.4 is 0 Å². The first-order chi connectivity index (χ1) is 7.65. The average Bonchev–Trinajstić information content (AvgIpc) is 2.84. The Labute approximate surface area is 98.0 Å². The van der Waals surface area contributed by atoms with Crippen molar-refractivity contribution in [3.63, 3.8) is 0 Å². The summed E-state index contributed by atoms with van der Waals surface area (Å²) >= 11 is 1.41. The Bertz CT molecular complexity index is 339. The van der Waals surface area contributed by atoms with Crippen LogP contribution in [0.25, 0.3) is 0 Å². The highest BCUT2D eigenvalue weighted by Gasteiger charge is 2.52. The van der Waals surface area contributed by atoms with Gasteiger partial charge < -0.3 is 9.84 Å². The molecule has 2 aliphatic carbocycles. The number of carbonyl (C=O) groups excluding carboxylic acids is 1. The Morgan fingerprint density at radius 3 is 2.56 bits per heavy atom. The quantitative estimate of drug-likeness (QED) is 0.458. The zero-order valence-corrected chi connectivity index (χ0v) is 9.78. The second-order valence-corrected chi connectivity index (χ2v) is 5.02. The fraction of sp³-hybridized carbons (Fsp3) is 0.636. The van der Waals surface area contributed by atoms with E-state index in [1.165, 1.54) is 11.8 Å². The first kappa shape index (κ1) is 11.5. The number of hydrogen-bond acceptors (Lipinski definition) is 4. The summed E-state index contributed by atoms with van der Waals surface area (Å²) in [7, 11) is 0. The standard InChI is InChI=1S/C11H14O4S/c1-16-5-15-11(14)9-7-3-2-6(4-7)8(9)10(12)13/h2-3,6-9H,4-5H2,1H3,(H,12,13). The molecule has 0 heterocycles. The van der Waals surface area contributed by atoms with Crippen LogP contribution >= 0.6 is 11.8 Å². The van der Waals surface area contributed by atoms with Crippen LogP contribution in [0.5, 0.6) is 0 Å². The molecule has 0 aliphatic heterocycles. The molecule has 88 valence electrons. The molecule has 1 fully saturated rings. The highest BCUT2D eigenvalue weighted by Crippen LogP contribution is 2.48. The monoisotopic (exact) mass is 242 g/mol. The van der Waals surface area contributed by atoms with Crippen LogP contribution in [0.15, 0.2) is 12.2 Å². The van der Waals surface area contributed by atoms with Gasteiger partial charge in [0.1, 0.15) is 5.94 Å². The van der Waals surface area contributed by atoms with Crippen molar-refractivity contribution < 1.29 is 19.4 Å². The van der Waals surface area contributed by atoms with Gasteiger partial charge in [-0.2, -0.15) is 0 Å². The van der Waals surface area contributed by atoms with Crippen LogP contribution in [0.1, 0.15) is 6.42 Å². The number of rotatable bonds is 4. The fourth-order valence-corrected chi connectivity index (χ4v) is 2.93. The molecule has 0 saturated heterocycles. The van der Waals surface area contributed by atoms with E-state index in [2.05, 4.69) is 0 Å². The molecular formula is C11H14O4S. The van der Waals surface area contributed by atoms with E-state index < -0.39 is 17.8 Å². The number of thioether (sulfide) groups is 1. The van der Waals surface area contributed by atoms with Gasteiger partial charge in [-0.25, -0.2) is 0 Å². The Hall–Kier alpha value is -0.970. The van der Waals surface area contributed by atoms with E-state index in [1.807, 2.05) is 18.4 Å². The number of carbonyl (C=O) groups is 2. The molecule has 2 aliphatic rings. The van der Waals surface area contributed by atoms with Crippen LogP contribution in [0.4, 0.5) is 0 Å². The highest BCUT2D eigenvalue weighted by molar-refractivity contribution is 7.98. The zero-order valence-electron chi connectivity index (χ0n) is 8.96. The Morgan fingerprint density at radius 2 is 2.00 bits per heavy atom. The van der Waals surface area contributed by atoms with E-state index in [4.69, 9.17) is 9.84 Å². The number of ether oxygens (including phenoxy) is 1. The molecule has 4 nitrogen and oxygen atoms in total. The first-order valence-electron chi connectivity index (χ1n) is 5.22. The molecule has 1 N–H and O–H groups in total. The van der Waals surface area contributed by atoms with Gasteiger partial charge in [-0.1, -0.05) is 12.2 Å². The number of carboxylic acids is 1. The normalized spacial score (nSPS) is 35.3. The third kappa shape index (κ3) is 1.84. The molecule has 16 heavy (non-hydrogen) atoms. The lowest BCUT2D eigenvalue weighted by molar-refractivity contribution is -0.156. The van der Waals surface area contributed by atoms with E-state index in [-0.39, 0.29) is 17.8 Å². The van der Waals surface area contributed by atoms with Gasteiger partial charge >= 0.3 is 11.9 Å². The summed E-state index contributed by atoms with van der Waals surface area (Å²) < 4.78 is 5.03. The minimum absolute atomic E-state index is 0.00864. The maximum atomic E-state index is 11.8. The summed E-state index contributed by atoms with van der Waals surface area (Å²) in [4.78, 5) is 22.9. The molecule has 4 atom stereocenters. The van der Waals surface area contributed by atoms with Gasteiger partial charge in [-0.3, -0.25) is 9.59 Å². The second kappa shape index (κ2) is 4.49. The van der Waals surface area contributed by atoms with Crippen molar-refractivity contribution in [2.24, 2.45) is 23.7 Å². The molecule has 0 spiro atoms. The minimum Gasteiger partial charge on any atom is -0.481 e. The van der Waals surface area contributed by atoms with Gasteiger partial charge in [0.2, 0.25) is 0 Å². The molecule has 0 radical (unpaired) electrons. The lowest BCUT2D eigenvalue weighted by Gasteiger charge is -2.22. The topological polar surface area (TPSA) is 63.6 Å². The Morgan fingerprint density at radius 1 is 1.38 bits per heavy atom. The molecule has 2 bridgehead atoms. The van der Waals surface area contributed by atoms with E-state index in [0.717, 1.165) is 6.42 Å². The molecule has 0 aromatic rings. The second-order valence-electron chi connectivity index (χ2n) is 4.21. The maximum absolute atomic E-state index is 11.8. The summed E-state index contributed by atoms with van der Waals surface area (Å²) in [5.74, 6) is -1.97. The van der Waals surface area contributed by atoms with E-state index in [1.54, 1.807) is 0 Å². The first-order valence-corrected chi connectivity index (χ1v) is 6.61. The number of esters is 1. The number of fused-ring (bicyclic) bond motifs is 2. The molecule has 5 heteroatoms. The maximum Gasteiger partial charge on any atom is 0.311 e. The summed E-state index contributed by atoms with van der Waals surface area (Å²) in [5, 5.41) is 9.13. The molecule has 2 rings (SSSR count). The van der Waals surface area contributed by atoms with Crippen molar-refractivity contribution in [1.82, 2.24) is 0 Å². The van der Waals surface area contributed by atoms with Crippen molar-refractivity contribution in [2.45, 2.75) is 6.42 Å². The third-order valence-electron chi connectivity index (χ3n) is 3.34. The summed E-state index contributed by atoms with van der Waals surface area (Å²) in [6.45, 7) is 0. The van der Waals surface area contributed by atoms with Gasteiger partial charge in [0.15, 0.2) is 0 Å². The largest absolute Gasteiger partial charge is 0.481 e. The lowest BCUT2D eigenvalue weighted by Crippen LogP contribution is -2.34. The van der Waals surface area contributed by atoms with E-state index in [0.29, 0.717) is 5.94 Å².